The highest BCUT2D eigenvalue weighted by molar-refractivity contribution is 7.98. The summed E-state index contributed by atoms with van der Waals surface area (Å²) in [4.78, 5) is 23.9. The highest BCUT2D eigenvalue weighted by Gasteiger charge is 2.26. The Morgan fingerprint density at radius 2 is 1.95 bits per heavy atom. The summed E-state index contributed by atoms with van der Waals surface area (Å²) in [5, 5.41) is 17.4. The highest BCUT2D eigenvalue weighted by atomic mass is 32.2. The number of carbonyl (C=O) groups is 1. The van der Waals surface area contributed by atoms with Crippen molar-refractivity contribution in [3.05, 3.63) is 16.0 Å². The molecule has 0 aliphatic rings. The number of nitrogens with one attached hydrogen (secondary N) is 1. The van der Waals surface area contributed by atoms with Crippen molar-refractivity contribution >= 4 is 17.7 Å². The molecule has 0 aromatic carbocycles. The Bertz CT molecular complexity index is 595. The summed E-state index contributed by atoms with van der Waals surface area (Å²) >= 11 is 1.18. The average molecular weight is 330 g/mol. The molecule has 0 saturated heterocycles. The van der Waals surface area contributed by atoms with Crippen LogP contribution in [0.25, 0.3) is 0 Å². The second-order valence-corrected chi connectivity index (χ2v) is 6.73. The van der Waals surface area contributed by atoms with Crippen LogP contribution in [0.2, 0.25) is 0 Å². The molecule has 1 atom stereocenters. The zero-order valence-electron chi connectivity index (χ0n) is 13.6. The van der Waals surface area contributed by atoms with Gasteiger partial charge in [0.25, 0.3) is 5.56 Å². The van der Waals surface area contributed by atoms with E-state index in [1.165, 1.54) is 11.8 Å². The molecule has 0 saturated carbocycles. The number of rotatable bonds is 6. The predicted molar refractivity (Wildman–Crippen MR) is 83.8 cm³/mol. The van der Waals surface area contributed by atoms with Gasteiger partial charge in [0, 0.05) is 5.41 Å². The van der Waals surface area contributed by atoms with E-state index < -0.39 is 23.2 Å². The molecule has 2 N–H and O–H groups in total. The van der Waals surface area contributed by atoms with Crippen LogP contribution in [-0.4, -0.2) is 44.5 Å². The number of thioether (sulfide) groups is 1. The summed E-state index contributed by atoms with van der Waals surface area (Å²) < 4.78 is 6.35. The van der Waals surface area contributed by atoms with E-state index in [1.807, 2.05) is 20.8 Å². The lowest BCUT2D eigenvalue weighted by Crippen LogP contribution is -2.46. The van der Waals surface area contributed by atoms with Gasteiger partial charge >= 0.3 is 5.97 Å². The third-order valence-corrected chi connectivity index (χ3v) is 3.23. The molecule has 1 heterocycles. The van der Waals surface area contributed by atoms with Gasteiger partial charge in [-0.1, -0.05) is 32.5 Å². The summed E-state index contributed by atoms with van der Waals surface area (Å²) in [7, 11) is 0. The first-order valence-corrected chi connectivity index (χ1v) is 7.99. The Morgan fingerprint density at radius 1 is 1.36 bits per heavy atom. The predicted octanol–water partition coefficient (Wildman–Crippen LogP) is 1.04. The first-order chi connectivity index (χ1) is 10.1. The van der Waals surface area contributed by atoms with Gasteiger partial charge in [-0.2, -0.15) is 4.68 Å². The number of aromatic nitrogens is 3. The first-order valence-electron chi connectivity index (χ1n) is 6.77. The van der Waals surface area contributed by atoms with Gasteiger partial charge in [0.05, 0.1) is 6.10 Å². The molecular formula is C13H22N4O4S. The van der Waals surface area contributed by atoms with Crippen LogP contribution in [0.3, 0.4) is 0 Å². The molecule has 1 aromatic heterocycles. The number of aliphatic carboxylic acids is 1. The molecule has 22 heavy (non-hydrogen) atoms. The van der Waals surface area contributed by atoms with Gasteiger partial charge in [-0.25, -0.2) is 4.79 Å². The van der Waals surface area contributed by atoms with Crippen LogP contribution in [-0.2, 0) is 14.9 Å². The molecule has 8 nitrogen and oxygen atoms in total. The molecular weight excluding hydrogens is 308 g/mol. The van der Waals surface area contributed by atoms with Gasteiger partial charge in [-0.05, 0) is 20.1 Å². The van der Waals surface area contributed by atoms with Crippen molar-refractivity contribution in [3.63, 3.8) is 0 Å². The van der Waals surface area contributed by atoms with Crippen molar-refractivity contribution in [1.29, 1.82) is 0 Å². The van der Waals surface area contributed by atoms with Crippen molar-refractivity contribution < 1.29 is 14.6 Å². The summed E-state index contributed by atoms with van der Waals surface area (Å²) in [5.41, 5.74) is 1.86. The molecule has 0 aliphatic heterocycles. The quantitative estimate of drug-likeness (QED) is 0.588. The Balaban J connectivity index is 3.32. The van der Waals surface area contributed by atoms with Crippen molar-refractivity contribution in [2.75, 3.05) is 11.7 Å². The standard InChI is InChI=1S/C13H22N4O4S/c1-7(2)21-9(11(19)20)16-17-10(18)8(13(3,4)5)14-15-12(17)22-6/h7,9,16H,1-6H3,(H,19,20). The summed E-state index contributed by atoms with van der Waals surface area (Å²) in [6, 6.07) is 0. The molecule has 0 spiro atoms. The van der Waals surface area contributed by atoms with E-state index in [0.717, 1.165) is 4.68 Å². The van der Waals surface area contributed by atoms with E-state index in [1.54, 1.807) is 20.1 Å². The Kier molecular flexibility index (Phi) is 5.95. The third-order valence-electron chi connectivity index (χ3n) is 2.60. The SMILES string of the molecule is CSc1nnc(C(C)(C)C)c(=O)n1NC(OC(C)C)C(=O)O. The van der Waals surface area contributed by atoms with Gasteiger partial charge in [0.15, 0.2) is 0 Å². The summed E-state index contributed by atoms with van der Waals surface area (Å²) in [6.07, 6.45) is 0.0387. The van der Waals surface area contributed by atoms with Crippen LogP contribution < -0.4 is 11.0 Å². The van der Waals surface area contributed by atoms with E-state index in [4.69, 9.17) is 4.74 Å². The van der Waals surface area contributed by atoms with Crippen LogP contribution in [0.4, 0.5) is 0 Å². The van der Waals surface area contributed by atoms with Crippen molar-refractivity contribution in [2.45, 2.75) is 57.5 Å². The van der Waals surface area contributed by atoms with Gasteiger partial charge < -0.3 is 9.84 Å². The van der Waals surface area contributed by atoms with E-state index in [9.17, 15) is 14.7 Å². The number of carboxylic acids is 1. The zero-order valence-corrected chi connectivity index (χ0v) is 14.4. The maximum Gasteiger partial charge on any atom is 0.355 e. The fourth-order valence-corrected chi connectivity index (χ4v) is 2.06. The van der Waals surface area contributed by atoms with E-state index in [2.05, 4.69) is 15.6 Å². The molecule has 0 radical (unpaired) electrons. The molecule has 124 valence electrons. The average Bonchev–Trinajstić information content (AvgIpc) is 2.37. The number of hydrogen-bond donors (Lipinski definition) is 2. The molecule has 0 aliphatic carbocycles. The Hall–Kier alpha value is -1.61. The lowest BCUT2D eigenvalue weighted by atomic mass is 9.93. The minimum Gasteiger partial charge on any atom is -0.478 e. The second kappa shape index (κ2) is 7.10. The third kappa shape index (κ3) is 4.44. The van der Waals surface area contributed by atoms with E-state index in [-0.39, 0.29) is 17.0 Å². The molecule has 1 rings (SSSR count). The number of hydrogen-bond acceptors (Lipinski definition) is 7. The number of ether oxygens (including phenoxy) is 1. The fourth-order valence-electron chi connectivity index (χ4n) is 1.62. The maximum absolute atomic E-state index is 12.6. The van der Waals surface area contributed by atoms with Crippen molar-refractivity contribution in [3.8, 4) is 0 Å². The van der Waals surface area contributed by atoms with Gasteiger partial charge in [-0.3, -0.25) is 10.2 Å². The van der Waals surface area contributed by atoms with Crippen LogP contribution >= 0.6 is 11.8 Å². The second-order valence-electron chi connectivity index (χ2n) is 5.96. The van der Waals surface area contributed by atoms with E-state index in [0.29, 0.717) is 0 Å². The molecule has 0 amide bonds. The van der Waals surface area contributed by atoms with Crippen LogP contribution in [0.1, 0.15) is 40.3 Å². The van der Waals surface area contributed by atoms with Gasteiger partial charge in [-0.15, -0.1) is 10.2 Å². The topological polar surface area (TPSA) is 106 Å². The number of nitrogens with zero attached hydrogens (tertiary/aromatic N) is 3. The molecule has 1 unspecified atom stereocenters. The van der Waals surface area contributed by atoms with Crippen molar-refractivity contribution in [1.82, 2.24) is 14.9 Å². The minimum atomic E-state index is -1.36. The normalized spacial score (nSPS) is 13.2. The maximum atomic E-state index is 12.6. The van der Waals surface area contributed by atoms with E-state index >= 15 is 0 Å². The molecule has 1 aromatic rings. The Morgan fingerprint density at radius 3 is 2.36 bits per heavy atom. The van der Waals surface area contributed by atoms with Crippen molar-refractivity contribution in [2.24, 2.45) is 0 Å². The lowest BCUT2D eigenvalue weighted by molar-refractivity contribution is -0.151. The van der Waals surface area contributed by atoms with Gasteiger partial charge in [0.2, 0.25) is 11.4 Å². The zero-order chi connectivity index (χ0) is 17.1. The smallest absolute Gasteiger partial charge is 0.355 e. The lowest BCUT2D eigenvalue weighted by Gasteiger charge is -2.23. The Labute approximate surface area is 133 Å². The largest absolute Gasteiger partial charge is 0.478 e. The van der Waals surface area contributed by atoms with Crippen LogP contribution in [0.15, 0.2) is 9.95 Å². The van der Waals surface area contributed by atoms with Crippen LogP contribution in [0, 0.1) is 0 Å². The molecule has 0 bridgehead atoms. The summed E-state index contributed by atoms with van der Waals surface area (Å²) in [6.45, 7) is 8.92. The first kappa shape index (κ1) is 18.4. The highest BCUT2D eigenvalue weighted by Crippen LogP contribution is 2.17. The molecule has 9 heteroatoms. The van der Waals surface area contributed by atoms with Gasteiger partial charge in [0.1, 0.15) is 5.69 Å². The number of carboxylic acid groups (broad SMARTS) is 1. The summed E-state index contributed by atoms with van der Waals surface area (Å²) in [5.74, 6) is -1.22. The monoisotopic (exact) mass is 330 g/mol. The minimum absolute atomic E-state index is 0.242. The van der Waals surface area contributed by atoms with Crippen LogP contribution in [0.5, 0.6) is 0 Å². The molecule has 0 fully saturated rings. The fraction of sp³-hybridized carbons (Fsp3) is 0.692.